The van der Waals surface area contributed by atoms with Crippen LogP contribution in [-0.2, 0) is 10.0 Å². The molecule has 3 rings (SSSR count). The number of halogens is 1. The van der Waals surface area contributed by atoms with Gasteiger partial charge in [0.2, 0.25) is 0 Å². The van der Waals surface area contributed by atoms with Gasteiger partial charge in [-0.15, -0.1) is 11.3 Å². The van der Waals surface area contributed by atoms with Crippen molar-refractivity contribution in [2.24, 2.45) is 0 Å². The first-order valence-corrected chi connectivity index (χ1v) is 9.91. The number of sulfonamides is 1. The fourth-order valence-corrected chi connectivity index (χ4v) is 4.77. The van der Waals surface area contributed by atoms with Gasteiger partial charge in [0.25, 0.3) is 10.0 Å². The maximum Gasteiger partial charge on any atom is 0.265 e. The van der Waals surface area contributed by atoms with Crippen LogP contribution >= 0.6 is 22.9 Å². The van der Waals surface area contributed by atoms with E-state index in [-0.39, 0.29) is 9.92 Å². The molecule has 0 saturated carbocycles. The molecule has 0 radical (unpaired) electrons. The van der Waals surface area contributed by atoms with E-state index in [0.29, 0.717) is 5.13 Å². The molecule has 4 nitrogen and oxygen atoms in total. The number of hydrogen-bond acceptors (Lipinski definition) is 4. The van der Waals surface area contributed by atoms with E-state index in [1.807, 2.05) is 37.4 Å². The summed E-state index contributed by atoms with van der Waals surface area (Å²) in [5, 5.41) is 2.33. The largest absolute Gasteiger partial charge is 0.265 e. The molecule has 0 unspecified atom stereocenters. The summed E-state index contributed by atoms with van der Waals surface area (Å²) in [4.78, 5) is 4.45. The molecule has 0 fully saturated rings. The normalized spacial score (nSPS) is 11.5. The number of anilines is 1. The van der Waals surface area contributed by atoms with Gasteiger partial charge in [-0.2, -0.15) is 0 Å². The molecule has 0 saturated heterocycles. The van der Waals surface area contributed by atoms with Gasteiger partial charge >= 0.3 is 0 Å². The molecule has 1 heterocycles. The monoisotopic (exact) mass is 378 g/mol. The molecule has 0 aliphatic carbocycles. The molecule has 0 spiro atoms. The van der Waals surface area contributed by atoms with Crippen molar-refractivity contribution in [2.75, 3.05) is 4.72 Å². The third-order valence-electron chi connectivity index (χ3n) is 3.52. The van der Waals surface area contributed by atoms with Gasteiger partial charge in [-0.1, -0.05) is 41.4 Å². The first kappa shape index (κ1) is 17.0. The highest BCUT2D eigenvalue weighted by atomic mass is 35.5. The average molecular weight is 379 g/mol. The molecular formula is C17H15ClN2O2S2. The molecule has 124 valence electrons. The topological polar surface area (TPSA) is 59.1 Å². The zero-order chi connectivity index (χ0) is 17.3. The molecule has 0 bridgehead atoms. The van der Waals surface area contributed by atoms with Crippen LogP contribution in [0.4, 0.5) is 5.13 Å². The Balaban J connectivity index is 1.92. The van der Waals surface area contributed by atoms with Crippen molar-refractivity contribution in [1.82, 2.24) is 4.98 Å². The molecule has 1 N–H and O–H groups in total. The van der Waals surface area contributed by atoms with Crippen LogP contribution in [0.1, 0.15) is 11.1 Å². The Hall–Kier alpha value is -1.89. The third-order valence-corrected chi connectivity index (χ3v) is 6.25. The zero-order valence-electron chi connectivity index (χ0n) is 13.1. The second-order valence-corrected chi connectivity index (χ2v) is 8.31. The Morgan fingerprint density at radius 3 is 2.62 bits per heavy atom. The van der Waals surface area contributed by atoms with Crippen LogP contribution in [0.25, 0.3) is 11.3 Å². The first-order chi connectivity index (χ1) is 11.4. The highest BCUT2D eigenvalue weighted by Crippen LogP contribution is 2.30. The van der Waals surface area contributed by atoms with Crippen molar-refractivity contribution in [3.05, 3.63) is 64.0 Å². The van der Waals surface area contributed by atoms with E-state index in [2.05, 4.69) is 9.71 Å². The Morgan fingerprint density at radius 2 is 1.88 bits per heavy atom. The molecule has 0 aliphatic rings. The second-order valence-electron chi connectivity index (χ2n) is 5.39. The molecule has 2 aromatic carbocycles. The molecule has 0 aliphatic heterocycles. The zero-order valence-corrected chi connectivity index (χ0v) is 15.5. The predicted octanol–water partition coefficient (Wildman–Crippen LogP) is 4.88. The van der Waals surface area contributed by atoms with Crippen molar-refractivity contribution in [3.8, 4) is 11.3 Å². The minimum absolute atomic E-state index is 0.0372. The van der Waals surface area contributed by atoms with E-state index in [0.717, 1.165) is 22.4 Å². The number of rotatable bonds is 4. The number of thiazole rings is 1. The van der Waals surface area contributed by atoms with Crippen LogP contribution in [0.5, 0.6) is 0 Å². The second kappa shape index (κ2) is 6.55. The fraction of sp³-hybridized carbons (Fsp3) is 0.118. The fourth-order valence-electron chi connectivity index (χ4n) is 2.29. The molecule has 7 heteroatoms. The summed E-state index contributed by atoms with van der Waals surface area (Å²) in [5.41, 5.74) is 3.96. The number of nitrogens with one attached hydrogen (secondary N) is 1. The lowest BCUT2D eigenvalue weighted by atomic mass is 10.0. The van der Waals surface area contributed by atoms with Crippen LogP contribution in [0, 0.1) is 13.8 Å². The molecule has 1 aromatic heterocycles. The van der Waals surface area contributed by atoms with Gasteiger partial charge in [0.15, 0.2) is 5.13 Å². The van der Waals surface area contributed by atoms with Crippen molar-refractivity contribution < 1.29 is 8.42 Å². The molecular weight excluding hydrogens is 364 g/mol. The Labute approximate surface area is 150 Å². The average Bonchev–Trinajstić information content (AvgIpc) is 2.97. The van der Waals surface area contributed by atoms with Crippen LogP contribution in [0.15, 0.2) is 52.7 Å². The molecule has 24 heavy (non-hydrogen) atoms. The third kappa shape index (κ3) is 3.45. The summed E-state index contributed by atoms with van der Waals surface area (Å²) >= 11 is 7.22. The van der Waals surface area contributed by atoms with Gasteiger partial charge in [0, 0.05) is 10.9 Å². The van der Waals surface area contributed by atoms with Crippen molar-refractivity contribution in [3.63, 3.8) is 0 Å². The first-order valence-electron chi connectivity index (χ1n) is 7.17. The summed E-state index contributed by atoms with van der Waals surface area (Å²) < 4.78 is 27.4. The lowest BCUT2D eigenvalue weighted by Crippen LogP contribution is -2.13. The maximum absolute atomic E-state index is 12.5. The van der Waals surface area contributed by atoms with Crippen LogP contribution in [0.2, 0.25) is 5.02 Å². The number of benzene rings is 2. The van der Waals surface area contributed by atoms with E-state index in [4.69, 9.17) is 11.6 Å². The maximum atomic E-state index is 12.5. The number of nitrogens with zero attached hydrogens (tertiary/aromatic N) is 1. The molecule has 0 atom stereocenters. The van der Waals surface area contributed by atoms with E-state index in [9.17, 15) is 8.42 Å². The van der Waals surface area contributed by atoms with Gasteiger partial charge in [-0.3, -0.25) is 4.72 Å². The van der Waals surface area contributed by atoms with E-state index in [1.165, 1.54) is 17.4 Å². The standard InChI is InChI=1S/C17H15ClN2O2S2/c1-11-7-8-12(2)13(9-11)15-10-23-17(19-15)20-24(21,22)16-6-4-3-5-14(16)18/h3-10H,1-2H3,(H,19,20). The quantitative estimate of drug-likeness (QED) is 0.703. The van der Waals surface area contributed by atoms with Crippen LogP contribution in [0.3, 0.4) is 0 Å². The summed E-state index contributed by atoms with van der Waals surface area (Å²) in [6.45, 7) is 4.01. The molecule has 3 aromatic rings. The summed E-state index contributed by atoms with van der Waals surface area (Å²) in [7, 11) is -3.77. The Morgan fingerprint density at radius 1 is 1.12 bits per heavy atom. The predicted molar refractivity (Wildman–Crippen MR) is 99.3 cm³/mol. The van der Waals surface area contributed by atoms with E-state index < -0.39 is 10.0 Å². The Kier molecular flexibility index (Phi) is 4.62. The molecule has 0 amide bonds. The number of aryl methyl sites for hydroxylation is 2. The smallest absolute Gasteiger partial charge is 0.255 e. The van der Waals surface area contributed by atoms with Crippen LogP contribution < -0.4 is 4.72 Å². The summed E-state index contributed by atoms with van der Waals surface area (Å²) in [5.74, 6) is 0. The van der Waals surface area contributed by atoms with Crippen molar-refractivity contribution in [2.45, 2.75) is 18.7 Å². The van der Waals surface area contributed by atoms with E-state index in [1.54, 1.807) is 18.2 Å². The van der Waals surface area contributed by atoms with E-state index >= 15 is 0 Å². The minimum atomic E-state index is -3.77. The van der Waals surface area contributed by atoms with Gasteiger partial charge in [-0.05, 0) is 37.6 Å². The number of aromatic nitrogens is 1. The van der Waals surface area contributed by atoms with Gasteiger partial charge < -0.3 is 0 Å². The highest BCUT2D eigenvalue weighted by Gasteiger charge is 2.19. The van der Waals surface area contributed by atoms with Crippen molar-refractivity contribution in [1.29, 1.82) is 0 Å². The van der Waals surface area contributed by atoms with Gasteiger partial charge in [0.05, 0.1) is 10.7 Å². The highest BCUT2D eigenvalue weighted by molar-refractivity contribution is 7.93. The minimum Gasteiger partial charge on any atom is -0.255 e. The number of hydrogen-bond donors (Lipinski definition) is 1. The lowest BCUT2D eigenvalue weighted by molar-refractivity contribution is 0.601. The van der Waals surface area contributed by atoms with Gasteiger partial charge in [0.1, 0.15) is 4.90 Å². The summed E-state index contributed by atoms with van der Waals surface area (Å²) in [6, 6.07) is 12.4. The van der Waals surface area contributed by atoms with Crippen LogP contribution in [-0.4, -0.2) is 13.4 Å². The van der Waals surface area contributed by atoms with Crippen molar-refractivity contribution >= 4 is 38.1 Å². The Bertz CT molecular complexity index is 997. The summed E-state index contributed by atoms with van der Waals surface area (Å²) in [6.07, 6.45) is 0. The lowest BCUT2D eigenvalue weighted by Gasteiger charge is -2.07. The SMILES string of the molecule is Cc1ccc(C)c(-c2csc(NS(=O)(=O)c3ccccc3Cl)n2)c1. The van der Waals surface area contributed by atoms with Gasteiger partial charge in [-0.25, -0.2) is 13.4 Å².